The van der Waals surface area contributed by atoms with Crippen molar-refractivity contribution in [2.45, 2.75) is 32.1 Å². The molecular weight excluding hydrogens is 336 g/mol. The topological polar surface area (TPSA) is 66.5 Å². The molecule has 2 aromatic rings. The van der Waals surface area contributed by atoms with E-state index in [1.54, 1.807) is 49.4 Å². The molecule has 0 unspecified atom stereocenters. The average Bonchev–Trinajstić information content (AvgIpc) is 2.55. The van der Waals surface area contributed by atoms with Gasteiger partial charge in [-0.05, 0) is 37.1 Å². The summed E-state index contributed by atoms with van der Waals surface area (Å²) in [6.07, 6.45) is 0.338. The summed E-state index contributed by atoms with van der Waals surface area (Å²) in [7, 11) is -3.79. The first-order valence-corrected chi connectivity index (χ1v) is 9.77. The predicted molar refractivity (Wildman–Crippen MR) is 101 cm³/mol. The first kappa shape index (κ1) is 19.0. The molecule has 0 radical (unpaired) electrons. The van der Waals surface area contributed by atoms with Crippen molar-refractivity contribution in [3.05, 3.63) is 54.6 Å². The first-order valence-electron chi connectivity index (χ1n) is 8.33. The van der Waals surface area contributed by atoms with Crippen LogP contribution in [0.1, 0.15) is 27.2 Å². The molecule has 2 rings (SSSR count). The number of hydrogen-bond acceptors (Lipinski definition) is 3. The van der Waals surface area contributed by atoms with E-state index in [-0.39, 0.29) is 16.7 Å². The van der Waals surface area contributed by atoms with Crippen molar-refractivity contribution in [2.75, 3.05) is 16.2 Å². The minimum atomic E-state index is -3.79. The Bertz CT molecular complexity index is 818. The van der Waals surface area contributed by atoms with Crippen LogP contribution in [0.5, 0.6) is 0 Å². The molecule has 0 aliphatic rings. The van der Waals surface area contributed by atoms with E-state index in [9.17, 15) is 13.2 Å². The van der Waals surface area contributed by atoms with Crippen LogP contribution in [-0.2, 0) is 14.8 Å². The summed E-state index contributed by atoms with van der Waals surface area (Å²) in [6.45, 7) is 5.96. The van der Waals surface area contributed by atoms with E-state index >= 15 is 0 Å². The molecule has 0 fully saturated rings. The molecule has 2 aromatic carbocycles. The standard InChI is InChI=1S/C19H24N2O3S/c1-4-21(16-10-6-5-7-11-16)25(23,24)18-13-9-8-12-17(18)20-19(22)14-15(2)3/h5-13,15H,4,14H2,1-3H3,(H,20,22). The Balaban J connectivity index is 2.41. The lowest BCUT2D eigenvalue weighted by atomic mass is 10.1. The third-order valence-electron chi connectivity index (χ3n) is 3.65. The largest absolute Gasteiger partial charge is 0.325 e. The maximum Gasteiger partial charge on any atom is 0.266 e. The number of rotatable bonds is 7. The summed E-state index contributed by atoms with van der Waals surface area (Å²) in [6, 6.07) is 15.4. The Kier molecular flexibility index (Phi) is 6.20. The summed E-state index contributed by atoms with van der Waals surface area (Å²) in [5.74, 6) is 0.000591. The van der Waals surface area contributed by atoms with Crippen molar-refractivity contribution in [1.82, 2.24) is 0 Å². The minimum absolute atomic E-state index is 0.0952. The minimum Gasteiger partial charge on any atom is -0.325 e. The van der Waals surface area contributed by atoms with Crippen LogP contribution >= 0.6 is 0 Å². The molecule has 0 aliphatic carbocycles. The molecular formula is C19H24N2O3S. The lowest BCUT2D eigenvalue weighted by molar-refractivity contribution is -0.116. The fourth-order valence-corrected chi connectivity index (χ4v) is 4.20. The van der Waals surface area contributed by atoms with Crippen molar-refractivity contribution in [2.24, 2.45) is 5.92 Å². The molecule has 0 heterocycles. The fraction of sp³-hybridized carbons (Fsp3) is 0.316. The van der Waals surface area contributed by atoms with Gasteiger partial charge in [0.1, 0.15) is 4.90 Å². The van der Waals surface area contributed by atoms with Crippen molar-refractivity contribution >= 4 is 27.3 Å². The summed E-state index contributed by atoms with van der Waals surface area (Å²) >= 11 is 0. The Morgan fingerprint density at radius 1 is 1.04 bits per heavy atom. The van der Waals surface area contributed by atoms with Crippen LogP contribution in [0.4, 0.5) is 11.4 Å². The van der Waals surface area contributed by atoms with Crippen LogP contribution in [0, 0.1) is 5.92 Å². The van der Waals surface area contributed by atoms with Gasteiger partial charge in [-0.2, -0.15) is 0 Å². The first-order chi connectivity index (χ1) is 11.9. The van der Waals surface area contributed by atoms with Crippen molar-refractivity contribution < 1.29 is 13.2 Å². The van der Waals surface area contributed by atoms with Gasteiger partial charge in [0.25, 0.3) is 10.0 Å². The SMILES string of the molecule is CCN(c1ccccc1)S(=O)(=O)c1ccccc1NC(=O)CC(C)C. The number of hydrogen-bond donors (Lipinski definition) is 1. The zero-order valence-corrected chi connectivity index (χ0v) is 15.6. The number of amides is 1. The van der Waals surface area contributed by atoms with Gasteiger partial charge in [0.05, 0.1) is 11.4 Å². The molecule has 0 aromatic heterocycles. The maximum absolute atomic E-state index is 13.2. The Labute approximate surface area is 149 Å². The van der Waals surface area contributed by atoms with E-state index in [0.717, 1.165) is 0 Å². The molecule has 0 aliphatic heterocycles. The van der Waals surface area contributed by atoms with E-state index in [4.69, 9.17) is 0 Å². The summed E-state index contributed by atoms with van der Waals surface area (Å²) in [4.78, 5) is 12.2. The van der Waals surface area contributed by atoms with Crippen LogP contribution in [0.15, 0.2) is 59.5 Å². The zero-order chi connectivity index (χ0) is 18.4. The third kappa shape index (κ3) is 4.60. The van der Waals surface area contributed by atoms with Crippen molar-refractivity contribution in [1.29, 1.82) is 0 Å². The quantitative estimate of drug-likeness (QED) is 0.815. The van der Waals surface area contributed by atoms with Gasteiger partial charge in [0.15, 0.2) is 0 Å². The van der Waals surface area contributed by atoms with Gasteiger partial charge in [0, 0.05) is 13.0 Å². The van der Waals surface area contributed by atoms with E-state index in [1.165, 1.54) is 10.4 Å². The number of nitrogens with zero attached hydrogens (tertiary/aromatic N) is 1. The highest BCUT2D eigenvalue weighted by Crippen LogP contribution is 2.28. The Morgan fingerprint density at radius 3 is 2.24 bits per heavy atom. The Morgan fingerprint density at radius 2 is 1.64 bits per heavy atom. The molecule has 25 heavy (non-hydrogen) atoms. The Hall–Kier alpha value is -2.34. The monoisotopic (exact) mass is 360 g/mol. The fourth-order valence-electron chi connectivity index (χ4n) is 2.57. The van der Waals surface area contributed by atoms with E-state index in [1.807, 2.05) is 19.9 Å². The van der Waals surface area contributed by atoms with Gasteiger partial charge in [-0.1, -0.05) is 44.2 Å². The van der Waals surface area contributed by atoms with E-state index in [0.29, 0.717) is 24.3 Å². The number of sulfonamides is 1. The highest BCUT2D eigenvalue weighted by molar-refractivity contribution is 7.93. The molecule has 134 valence electrons. The second-order valence-electron chi connectivity index (χ2n) is 6.15. The smallest absolute Gasteiger partial charge is 0.266 e. The summed E-state index contributed by atoms with van der Waals surface area (Å²) in [5, 5.41) is 2.73. The molecule has 1 N–H and O–H groups in total. The van der Waals surface area contributed by atoms with Crippen LogP contribution in [0.2, 0.25) is 0 Å². The van der Waals surface area contributed by atoms with Gasteiger partial charge in [-0.3, -0.25) is 9.10 Å². The molecule has 1 amide bonds. The number of benzene rings is 2. The second kappa shape index (κ2) is 8.16. The molecule has 0 spiro atoms. The number of nitrogens with one attached hydrogen (secondary N) is 1. The number of para-hydroxylation sites is 2. The van der Waals surface area contributed by atoms with Gasteiger partial charge >= 0.3 is 0 Å². The number of carbonyl (C=O) groups excluding carboxylic acids is 1. The van der Waals surface area contributed by atoms with Crippen molar-refractivity contribution in [3.8, 4) is 0 Å². The molecule has 5 nitrogen and oxygen atoms in total. The van der Waals surface area contributed by atoms with Gasteiger partial charge < -0.3 is 5.32 Å². The van der Waals surface area contributed by atoms with Gasteiger partial charge in [-0.15, -0.1) is 0 Å². The lowest BCUT2D eigenvalue weighted by Gasteiger charge is -2.24. The molecule has 0 atom stereocenters. The molecule has 0 bridgehead atoms. The summed E-state index contributed by atoms with van der Waals surface area (Å²) in [5.41, 5.74) is 0.899. The van der Waals surface area contributed by atoms with Gasteiger partial charge in [-0.25, -0.2) is 8.42 Å². The number of carbonyl (C=O) groups is 1. The predicted octanol–water partition coefficient (Wildman–Crippen LogP) is 3.89. The van der Waals surface area contributed by atoms with Crippen LogP contribution < -0.4 is 9.62 Å². The van der Waals surface area contributed by atoms with Gasteiger partial charge in [0.2, 0.25) is 5.91 Å². The maximum atomic E-state index is 13.2. The normalized spacial score (nSPS) is 11.4. The molecule has 0 saturated carbocycles. The highest BCUT2D eigenvalue weighted by Gasteiger charge is 2.26. The lowest BCUT2D eigenvalue weighted by Crippen LogP contribution is -2.31. The van der Waals surface area contributed by atoms with Crippen molar-refractivity contribution in [3.63, 3.8) is 0 Å². The third-order valence-corrected chi connectivity index (χ3v) is 5.62. The zero-order valence-electron chi connectivity index (χ0n) is 14.8. The second-order valence-corrected chi connectivity index (χ2v) is 7.98. The molecule has 6 heteroatoms. The number of anilines is 2. The molecule has 0 saturated heterocycles. The van der Waals surface area contributed by atoms with Crippen LogP contribution in [0.3, 0.4) is 0 Å². The van der Waals surface area contributed by atoms with E-state index < -0.39 is 10.0 Å². The summed E-state index contributed by atoms with van der Waals surface area (Å²) < 4.78 is 27.7. The van der Waals surface area contributed by atoms with Crippen LogP contribution in [0.25, 0.3) is 0 Å². The van der Waals surface area contributed by atoms with E-state index in [2.05, 4.69) is 5.32 Å². The highest BCUT2D eigenvalue weighted by atomic mass is 32.2. The van der Waals surface area contributed by atoms with Crippen LogP contribution in [-0.4, -0.2) is 20.9 Å². The average molecular weight is 360 g/mol.